The van der Waals surface area contributed by atoms with Crippen LogP contribution in [0, 0.1) is 6.92 Å². The highest BCUT2D eigenvalue weighted by Gasteiger charge is 2.25. The van der Waals surface area contributed by atoms with Gasteiger partial charge in [-0.25, -0.2) is 0 Å². The molecule has 0 bridgehead atoms. The van der Waals surface area contributed by atoms with Gasteiger partial charge in [0, 0.05) is 30.7 Å². The van der Waals surface area contributed by atoms with Crippen LogP contribution in [0.1, 0.15) is 27.9 Å². The molecule has 1 aromatic heterocycles. The molecule has 2 aromatic rings. The normalized spacial score (nSPS) is 16.8. The van der Waals surface area contributed by atoms with Crippen molar-refractivity contribution >= 4 is 17.5 Å². The lowest BCUT2D eigenvalue weighted by atomic mass is 10.0. The number of nitrogens with one attached hydrogen (secondary N) is 1. The fourth-order valence-electron chi connectivity index (χ4n) is 2.82. The number of carbonyl (C=O) groups excluding carboxylic acids is 1. The molecule has 1 aliphatic heterocycles. The van der Waals surface area contributed by atoms with Crippen LogP contribution in [0.4, 0.5) is 0 Å². The smallest absolute Gasteiger partial charge is 0.289 e. The summed E-state index contributed by atoms with van der Waals surface area (Å²) < 4.78 is 10.4. The SMILES string of the molecule is Cc1cc(C(=O)NC[C@H](c2ccccc2Cl)N2CCOCC2)on1. The van der Waals surface area contributed by atoms with Crippen LogP contribution in [-0.4, -0.2) is 48.8 Å². The zero-order chi connectivity index (χ0) is 16.9. The molecule has 1 saturated heterocycles. The van der Waals surface area contributed by atoms with Crippen LogP contribution in [0.15, 0.2) is 34.9 Å². The maximum Gasteiger partial charge on any atom is 0.289 e. The van der Waals surface area contributed by atoms with Crippen molar-refractivity contribution in [3.8, 4) is 0 Å². The number of morpholine rings is 1. The van der Waals surface area contributed by atoms with Crippen molar-refractivity contribution in [3.63, 3.8) is 0 Å². The number of nitrogens with zero attached hydrogens (tertiary/aromatic N) is 2. The van der Waals surface area contributed by atoms with E-state index in [1.165, 1.54) is 0 Å². The van der Waals surface area contributed by atoms with Gasteiger partial charge < -0.3 is 14.6 Å². The molecule has 0 unspecified atom stereocenters. The molecular formula is C17H20ClN3O3. The average Bonchev–Trinajstić information content (AvgIpc) is 3.04. The molecule has 1 amide bonds. The monoisotopic (exact) mass is 349 g/mol. The zero-order valence-electron chi connectivity index (χ0n) is 13.5. The summed E-state index contributed by atoms with van der Waals surface area (Å²) in [7, 11) is 0. The lowest BCUT2D eigenvalue weighted by Gasteiger charge is -2.35. The summed E-state index contributed by atoms with van der Waals surface area (Å²) in [4.78, 5) is 14.5. The molecule has 0 spiro atoms. The van der Waals surface area contributed by atoms with Gasteiger partial charge in [0.2, 0.25) is 5.76 Å². The van der Waals surface area contributed by atoms with E-state index < -0.39 is 0 Å². The first kappa shape index (κ1) is 17.0. The highest BCUT2D eigenvalue weighted by atomic mass is 35.5. The number of hydrogen-bond acceptors (Lipinski definition) is 5. The third-order valence-electron chi connectivity index (χ3n) is 4.06. The van der Waals surface area contributed by atoms with E-state index in [4.69, 9.17) is 20.9 Å². The molecule has 1 aliphatic rings. The van der Waals surface area contributed by atoms with E-state index in [-0.39, 0.29) is 17.7 Å². The number of rotatable bonds is 5. The minimum absolute atomic E-state index is 0.0180. The first-order chi connectivity index (χ1) is 11.6. The van der Waals surface area contributed by atoms with E-state index in [0.717, 1.165) is 18.7 Å². The maximum absolute atomic E-state index is 12.2. The second kappa shape index (κ2) is 7.79. The van der Waals surface area contributed by atoms with Gasteiger partial charge in [0.05, 0.1) is 24.9 Å². The van der Waals surface area contributed by atoms with E-state index in [1.807, 2.05) is 24.3 Å². The van der Waals surface area contributed by atoms with Gasteiger partial charge in [-0.2, -0.15) is 0 Å². The largest absolute Gasteiger partial charge is 0.379 e. The summed E-state index contributed by atoms with van der Waals surface area (Å²) in [6.07, 6.45) is 0. The van der Waals surface area contributed by atoms with E-state index in [1.54, 1.807) is 13.0 Å². The Morgan fingerprint density at radius 2 is 2.12 bits per heavy atom. The standard InChI is InChI=1S/C17H20ClN3O3/c1-12-10-16(24-20-12)17(22)19-11-15(21-6-8-23-9-7-21)13-4-2-3-5-14(13)18/h2-5,10,15H,6-9,11H2,1H3,(H,19,22)/t15-/m1/s1. The number of carbonyl (C=O) groups is 1. The molecule has 2 heterocycles. The Labute approximate surface area is 145 Å². The Bertz CT molecular complexity index is 698. The highest BCUT2D eigenvalue weighted by Crippen LogP contribution is 2.27. The average molecular weight is 350 g/mol. The topological polar surface area (TPSA) is 67.6 Å². The van der Waals surface area contributed by atoms with Crippen LogP contribution in [-0.2, 0) is 4.74 Å². The Balaban J connectivity index is 1.74. The van der Waals surface area contributed by atoms with Crippen LogP contribution >= 0.6 is 11.6 Å². The summed E-state index contributed by atoms with van der Waals surface area (Å²) in [6, 6.07) is 9.32. The number of ether oxygens (including phenoxy) is 1. The lowest BCUT2D eigenvalue weighted by molar-refractivity contribution is 0.0161. The second-order valence-corrected chi connectivity index (χ2v) is 6.14. The van der Waals surface area contributed by atoms with E-state index >= 15 is 0 Å². The molecule has 24 heavy (non-hydrogen) atoms. The molecule has 1 N–H and O–H groups in total. The number of benzene rings is 1. The minimum Gasteiger partial charge on any atom is -0.379 e. The van der Waals surface area contributed by atoms with Crippen LogP contribution < -0.4 is 5.32 Å². The number of hydrogen-bond donors (Lipinski definition) is 1. The van der Waals surface area contributed by atoms with Gasteiger partial charge in [0.25, 0.3) is 5.91 Å². The first-order valence-electron chi connectivity index (χ1n) is 7.93. The molecule has 1 fully saturated rings. The molecule has 7 heteroatoms. The second-order valence-electron chi connectivity index (χ2n) is 5.73. The van der Waals surface area contributed by atoms with Gasteiger partial charge in [-0.1, -0.05) is 35.0 Å². The van der Waals surface area contributed by atoms with Crippen molar-refractivity contribution in [2.45, 2.75) is 13.0 Å². The minimum atomic E-state index is -0.277. The molecule has 0 saturated carbocycles. The van der Waals surface area contributed by atoms with Crippen LogP contribution in [0.5, 0.6) is 0 Å². The van der Waals surface area contributed by atoms with E-state index in [2.05, 4.69) is 15.4 Å². The Morgan fingerprint density at radius 3 is 2.79 bits per heavy atom. The molecule has 1 atom stereocenters. The molecule has 1 aromatic carbocycles. The summed E-state index contributed by atoms with van der Waals surface area (Å²) in [5.41, 5.74) is 1.67. The molecular weight excluding hydrogens is 330 g/mol. The molecule has 6 nitrogen and oxygen atoms in total. The lowest BCUT2D eigenvalue weighted by Crippen LogP contribution is -2.43. The van der Waals surface area contributed by atoms with Crippen molar-refractivity contribution in [2.24, 2.45) is 0 Å². The van der Waals surface area contributed by atoms with Crippen molar-refractivity contribution in [3.05, 3.63) is 52.4 Å². The van der Waals surface area contributed by atoms with Crippen molar-refractivity contribution in [1.82, 2.24) is 15.4 Å². The van der Waals surface area contributed by atoms with E-state index in [9.17, 15) is 4.79 Å². The van der Waals surface area contributed by atoms with Crippen LogP contribution in [0.2, 0.25) is 5.02 Å². The van der Waals surface area contributed by atoms with Gasteiger partial charge in [0.1, 0.15) is 0 Å². The van der Waals surface area contributed by atoms with Crippen molar-refractivity contribution in [2.75, 3.05) is 32.8 Å². The van der Waals surface area contributed by atoms with Gasteiger partial charge >= 0.3 is 0 Å². The van der Waals surface area contributed by atoms with Crippen molar-refractivity contribution < 1.29 is 14.1 Å². The fraction of sp³-hybridized carbons (Fsp3) is 0.412. The molecule has 0 radical (unpaired) electrons. The summed E-state index contributed by atoms with van der Waals surface area (Å²) in [5.74, 6) is -0.0618. The highest BCUT2D eigenvalue weighted by molar-refractivity contribution is 6.31. The maximum atomic E-state index is 12.2. The fourth-order valence-corrected chi connectivity index (χ4v) is 3.08. The van der Waals surface area contributed by atoms with Crippen molar-refractivity contribution in [1.29, 1.82) is 0 Å². The Hall–Kier alpha value is -1.89. The van der Waals surface area contributed by atoms with Crippen LogP contribution in [0.3, 0.4) is 0 Å². The number of aromatic nitrogens is 1. The summed E-state index contributed by atoms with van der Waals surface area (Å²) in [6.45, 7) is 5.16. The Morgan fingerprint density at radius 1 is 1.38 bits per heavy atom. The quantitative estimate of drug-likeness (QED) is 0.898. The predicted molar refractivity (Wildman–Crippen MR) is 90.2 cm³/mol. The van der Waals surface area contributed by atoms with Crippen LogP contribution in [0.25, 0.3) is 0 Å². The van der Waals surface area contributed by atoms with Gasteiger partial charge in [-0.15, -0.1) is 0 Å². The summed E-state index contributed by atoms with van der Waals surface area (Å²) >= 11 is 6.37. The number of amides is 1. The Kier molecular flexibility index (Phi) is 5.50. The molecule has 3 rings (SSSR count). The predicted octanol–water partition coefficient (Wildman–Crippen LogP) is 2.44. The third-order valence-corrected chi connectivity index (χ3v) is 4.40. The summed E-state index contributed by atoms with van der Waals surface area (Å²) in [5, 5.41) is 7.36. The third kappa shape index (κ3) is 3.95. The number of aryl methyl sites for hydroxylation is 1. The molecule has 128 valence electrons. The van der Waals surface area contributed by atoms with Gasteiger partial charge in [0.15, 0.2) is 0 Å². The first-order valence-corrected chi connectivity index (χ1v) is 8.30. The van der Waals surface area contributed by atoms with E-state index in [0.29, 0.717) is 30.5 Å². The van der Waals surface area contributed by atoms with Gasteiger partial charge in [-0.3, -0.25) is 9.69 Å². The number of halogens is 1. The molecule has 0 aliphatic carbocycles. The zero-order valence-corrected chi connectivity index (χ0v) is 14.3. The van der Waals surface area contributed by atoms with Gasteiger partial charge in [-0.05, 0) is 18.6 Å².